The summed E-state index contributed by atoms with van der Waals surface area (Å²) in [7, 11) is 0. The van der Waals surface area contributed by atoms with Crippen molar-refractivity contribution in [3.63, 3.8) is 0 Å². The molecule has 3 aromatic rings. The number of nitrogens with one attached hydrogen (secondary N) is 1. The standard InChI is InChI=1S/C21H24N4/c1-14(2)24-13-16-9-5-6-10-17(16)20-21(23-25(22-20)15(3)4)18-11-7-8-12-19(18)24/h5-12,14-15H,13H2,1-4H3/p+1. The zero-order valence-corrected chi connectivity index (χ0v) is 15.3. The third-order valence-corrected chi connectivity index (χ3v) is 4.88. The van der Waals surface area contributed by atoms with Crippen LogP contribution in [0.1, 0.15) is 39.3 Å². The van der Waals surface area contributed by atoms with Crippen LogP contribution in [-0.4, -0.2) is 15.9 Å². The van der Waals surface area contributed by atoms with Crippen molar-refractivity contribution in [1.82, 2.24) is 9.90 Å². The number of H-pyrrole nitrogens is 1. The number of anilines is 1. The maximum absolute atomic E-state index is 4.90. The molecule has 1 N–H and O–H groups in total. The highest BCUT2D eigenvalue weighted by molar-refractivity contribution is 5.86. The van der Waals surface area contributed by atoms with Crippen LogP contribution in [0.5, 0.6) is 0 Å². The molecule has 0 bridgehead atoms. The van der Waals surface area contributed by atoms with Crippen molar-refractivity contribution in [1.29, 1.82) is 0 Å². The fourth-order valence-electron chi connectivity index (χ4n) is 3.53. The van der Waals surface area contributed by atoms with Crippen LogP contribution in [0.15, 0.2) is 48.5 Å². The molecule has 0 amide bonds. The normalized spacial score (nSPS) is 13.3. The van der Waals surface area contributed by atoms with E-state index in [1.54, 1.807) is 0 Å². The molecule has 0 atom stereocenters. The Balaban J connectivity index is 2.06. The number of hydrogen-bond acceptors (Lipinski definition) is 2. The van der Waals surface area contributed by atoms with Crippen molar-refractivity contribution in [3.05, 3.63) is 54.1 Å². The minimum atomic E-state index is 0.286. The second-order valence-corrected chi connectivity index (χ2v) is 7.27. The van der Waals surface area contributed by atoms with E-state index < -0.39 is 0 Å². The summed E-state index contributed by atoms with van der Waals surface area (Å²) in [5, 5.41) is 8.44. The molecule has 0 unspecified atom stereocenters. The Hall–Kier alpha value is -2.62. The number of aromatic amines is 1. The number of aromatic nitrogens is 3. The molecule has 4 heteroatoms. The minimum absolute atomic E-state index is 0.286. The Morgan fingerprint density at radius 3 is 2.28 bits per heavy atom. The molecule has 0 saturated carbocycles. The summed E-state index contributed by atoms with van der Waals surface area (Å²) < 4.78 is 0. The summed E-state index contributed by atoms with van der Waals surface area (Å²) in [6.45, 7) is 9.69. The molecule has 1 aliphatic rings. The molecule has 1 aliphatic heterocycles. The summed E-state index contributed by atoms with van der Waals surface area (Å²) >= 11 is 0. The van der Waals surface area contributed by atoms with E-state index in [0.717, 1.165) is 17.9 Å². The van der Waals surface area contributed by atoms with Crippen LogP contribution in [0.3, 0.4) is 0 Å². The summed E-state index contributed by atoms with van der Waals surface area (Å²) in [4.78, 5) is 4.43. The van der Waals surface area contributed by atoms with Gasteiger partial charge in [0.1, 0.15) is 6.04 Å². The maximum Gasteiger partial charge on any atom is 0.257 e. The topological polar surface area (TPSA) is 35.2 Å². The predicted molar refractivity (Wildman–Crippen MR) is 101 cm³/mol. The van der Waals surface area contributed by atoms with Crippen LogP contribution in [-0.2, 0) is 6.54 Å². The lowest BCUT2D eigenvalue weighted by Crippen LogP contribution is -2.32. The highest BCUT2D eigenvalue weighted by Gasteiger charge is 2.31. The number of rotatable bonds is 2. The van der Waals surface area contributed by atoms with E-state index in [-0.39, 0.29) is 6.04 Å². The average molecular weight is 333 g/mol. The highest BCUT2D eigenvalue weighted by Crippen LogP contribution is 2.39. The van der Waals surface area contributed by atoms with Crippen LogP contribution >= 0.6 is 0 Å². The lowest BCUT2D eigenvalue weighted by atomic mass is 9.95. The molecule has 0 aliphatic carbocycles. The molecule has 0 spiro atoms. The third kappa shape index (κ3) is 2.62. The first-order chi connectivity index (χ1) is 12.1. The Morgan fingerprint density at radius 2 is 1.56 bits per heavy atom. The van der Waals surface area contributed by atoms with E-state index in [4.69, 9.17) is 5.10 Å². The predicted octanol–water partition coefficient (Wildman–Crippen LogP) is 4.34. The Labute approximate surface area is 149 Å². The van der Waals surface area contributed by atoms with Gasteiger partial charge >= 0.3 is 0 Å². The zero-order valence-electron chi connectivity index (χ0n) is 15.3. The van der Waals surface area contributed by atoms with Crippen molar-refractivity contribution in [2.24, 2.45) is 0 Å². The molecular weight excluding hydrogens is 308 g/mol. The molecule has 0 saturated heterocycles. The lowest BCUT2D eigenvalue weighted by molar-refractivity contribution is -0.490. The molecule has 2 heterocycles. The van der Waals surface area contributed by atoms with Gasteiger partial charge in [0.2, 0.25) is 5.69 Å². The van der Waals surface area contributed by atoms with Crippen molar-refractivity contribution < 1.29 is 5.10 Å². The van der Waals surface area contributed by atoms with Gasteiger partial charge in [-0.1, -0.05) is 30.3 Å². The zero-order chi connectivity index (χ0) is 17.6. The third-order valence-electron chi connectivity index (χ3n) is 4.88. The van der Waals surface area contributed by atoms with Gasteiger partial charge in [-0.3, -0.25) is 0 Å². The summed E-state index contributed by atoms with van der Waals surface area (Å²) in [6, 6.07) is 18.0. The van der Waals surface area contributed by atoms with Crippen molar-refractivity contribution >= 4 is 5.69 Å². The highest BCUT2D eigenvalue weighted by atomic mass is 15.5. The number of nitrogens with zero attached hydrogens (tertiary/aromatic N) is 3. The first-order valence-electron chi connectivity index (χ1n) is 9.02. The Morgan fingerprint density at radius 1 is 0.880 bits per heavy atom. The van der Waals surface area contributed by atoms with Crippen molar-refractivity contribution in [2.75, 3.05) is 4.90 Å². The molecular formula is C21H25N4+. The lowest BCUT2D eigenvalue weighted by Gasteiger charge is -2.32. The second kappa shape index (κ2) is 6.03. The van der Waals surface area contributed by atoms with Crippen LogP contribution < -0.4 is 10.00 Å². The quantitative estimate of drug-likeness (QED) is 0.699. The number of benzene rings is 2. The molecule has 0 fully saturated rings. The molecule has 2 aromatic carbocycles. The van der Waals surface area contributed by atoms with Crippen LogP contribution in [0.2, 0.25) is 0 Å². The largest absolute Gasteiger partial charge is 0.364 e. The van der Waals surface area contributed by atoms with Crippen LogP contribution in [0.25, 0.3) is 22.5 Å². The van der Waals surface area contributed by atoms with E-state index in [1.165, 1.54) is 22.4 Å². The van der Waals surface area contributed by atoms with Crippen LogP contribution in [0, 0.1) is 0 Å². The first kappa shape index (κ1) is 15.9. The van der Waals surface area contributed by atoms with Gasteiger partial charge in [0.25, 0.3) is 5.69 Å². The van der Waals surface area contributed by atoms with E-state index >= 15 is 0 Å². The van der Waals surface area contributed by atoms with Gasteiger partial charge in [-0.2, -0.15) is 5.10 Å². The SMILES string of the molecule is CC(C)N1Cc2ccccc2-c2nn(C(C)C)[nH+]c2-c2ccccc21. The minimum Gasteiger partial charge on any atom is -0.364 e. The Kier molecular flexibility index (Phi) is 3.83. The molecule has 128 valence electrons. The van der Waals surface area contributed by atoms with Gasteiger partial charge in [-0.05, 0) is 56.3 Å². The van der Waals surface area contributed by atoms with Crippen molar-refractivity contribution in [3.8, 4) is 22.5 Å². The first-order valence-corrected chi connectivity index (χ1v) is 9.02. The molecule has 4 nitrogen and oxygen atoms in total. The number of para-hydroxylation sites is 1. The molecule has 25 heavy (non-hydrogen) atoms. The number of hydrogen-bond donors (Lipinski definition) is 0. The maximum atomic E-state index is 4.90. The molecule has 0 radical (unpaired) electrons. The van der Waals surface area contributed by atoms with Crippen molar-refractivity contribution in [2.45, 2.75) is 46.3 Å². The van der Waals surface area contributed by atoms with E-state index in [0.29, 0.717) is 6.04 Å². The van der Waals surface area contributed by atoms with Crippen LogP contribution in [0.4, 0.5) is 5.69 Å². The fourth-order valence-corrected chi connectivity index (χ4v) is 3.53. The summed E-state index contributed by atoms with van der Waals surface area (Å²) in [5.74, 6) is 0. The number of fused-ring (bicyclic) bond motifs is 5. The second-order valence-electron chi connectivity index (χ2n) is 7.27. The van der Waals surface area contributed by atoms with E-state index in [2.05, 4.69) is 86.2 Å². The van der Waals surface area contributed by atoms with Gasteiger partial charge in [0, 0.05) is 28.9 Å². The smallest absolute Gasteiger partial charge is 0.257 e. The fraction of sp³-hybridized carbons (Fsp3) is 0.333. The van der Waals surface area contributed by atoms with Gasteiger partial charge in [0.05, 0.1) is 5.56 Å². The van der Waals surface area contributed by atoms with Gasteiger partial charge in [0.15, 0.2) is 0 Å². The van der Waals surface area contributed by atoms with E-state index in [9.17, 15) is 0 Å². The van der Waals surface area contributed by atoms with Gasteiger partial charge < -0.3 is 4.90 Å². The molecule has 4 rings (SSSR count). The van der Waals surface area contributed by atoms with E-state index in [1.807, 2.05) is 4.80 Å². The average Bonchev–Trinajstić information content (AvgIpc) is 3.03. The van der Waals surface area contributed by atoms with Gasteiger partial charge in [-0.15, -0.1) is 0 Å². The Bertz CT molecular complexity index is 908. The monoisotopic (exact) mass is 333 g/mol. The molecule has 1 aromatic heterocycles. The summed E-state index contributed by atoms with van der Waals surface area (Å²) in [6.07, 6.45) is 0. The summed E-state index contributed by atoms with van der Waals surface area (Å²) in [5.41, 5.74) is 7.14. The van der Waals surface area contributed by atoms with Gasteiger partial charge in [-0.25, -0.2) is 0 Å².